The molecule has 11 heavy (non-hydrogen) atoms. The first-order chi connectivity index (χ1) is 5.14. The van der Waals surface area contributed by atoms with Gasteiger partial charge in [-0.3, -0.25) is 10.3 Å². The molecule has 1 aliphatic heterocycles. The van der Waals surface area contributed by atoms with Crippen LogP contribution in [0.25, 0.3) is 0 Å². The predicted octanol–water partition coefficient (Wildman–Crippen LogP) is 2.37. The van der Waals surface area contributed by atoms with Crippen LogP contribution in [0.15, 0.2) is 11.8 Å². The number of rotatable bonds is 3. The lowest BCUT2D eigenvalue weighted by atomic mass is 10.1. The van der Waals surface area contributed by atoms with E-state index in [0.29, 0.717) is 0 Å². The lowest BCUT2D eigenvalue weighted by Gasteiger charge is -2.11. The summed E-state index contributed by atoms with van der Waals surface area (Å²) in [6.45, 7) is 6.30. The second-order valence-corrected chi connectivity index (χ2v) is 3.58. The summed E-state index contributed by atoms with van der Waals surface area (Å²) >= 11 is 0. The standard InChI is InChI=1S/C9H17NO/c1-4-5-6-8-7-9(2,3)11-10-8/h7,10H,4-6H2,1-3H3. The molecule has 0 aromatic rings. The van der Waals surface area contributed by atoms with E-state index in [0.717, 1.165) is 6.42 Å². The van der Waals surface area contributed by atoms with Gasteiger partial charge >= 0.3 is 0 Å². The normalized spacial score (nSPS) is 21.2. The third-order valence-electron chi connectivity index (χ3n) is 1.77. The van der Waals surface area contributed by atoms with Crippen molar-refractivity contribution >= 4 is 0 Å². The van der Waals surface area contributed by atoms with Crippen LogP contribution in [0.5, 0.6) is 0 Å². The van der Waals surface area contributed by atoms with Crippen LogP contribution in [-0.2, 0) is 4.84 Å². The predicted molar refractivity (Wildman–Crippen MR) is 45.9 cm³/mol. The maximum absolute atomic E-state index is 5.31. The molecule has 0 atom stereocenters. The van der Waals surface area contributed by atoms with Gasteiger partial charge in [-0.2, -0.15) is 0 Å². The smallest absolute Gasteiger partial charge is 0.110 e. The zero-order chi connectivity index (χ0) is 8.32. The molecule has 1 heterocycles. The summed E-state index contributed by atoms with van der Waals surface area (Å²) in [4.78, 5) is 5.31. The van der Waals surface area contributed by atoms with E-state index in [2.05, 4.69) is 32.3 Å². The summed E-state index contributed by atoms with van der Waals surface area (Å²) in [5.41, 5.74) is 4.07. The average molecular weight is 155 g/mol. The van der Waals surface area contributed by atoms with Gasteiger partial charge in [0, 0.05) is 5.70 Å². The van der Waals surface area contributed by atoms with Gasteiger partial charge in [0.05, 0.1) is 0 Å². The van der Waals surface area contributed by atoms with Crippen molar-refractivity contribution in [2.45, 2.75) is 45.6 Å². The van der Waals surface area contributed by atoms with E-state index in [4.69, 9.17) is 4.84 Å². The topological polar surface area (TPSA) is 21.3 Å². The minimum atomic E-state index is -0.108. The van der Waals surface area contributed by atoms with E-state index >= 15 is 0 Å². The van der Waals surface area contributed by atoms with Crippen molar-refractivity contribution in [3.05, 3.63) is 11.8 Å². The number of allylic oxidation sites excluding steroid dienone is 1. The molecule has 0 radical (unpaired) electrons. The maximum Gasteiger partial charge on any atom is 0.110 e. The van der Waals surface area contributed by atoms with Crippen molar-refractivity contribution in [3.63, 3.8) is 0 Å². The molecule has 1 aliphatic rings. The van der Waals surface area contributed by atoms with E-state index in [1.54, 1.807) is 0 Å². The van der Waals surface area contributed by atoms with Crippen LogP contribution in [0.3, 0.4) is 0 Å². The monoisotopic (exact) mass is 155 g/mol. The van der Waals surface area contributed by atoms with Crippen LogP contribution in [0, 0.1) is 0 Å². The van der Waals surface area contributed by atoms with E-state index in [1.807, 2.05) is 0 Å². The number of nitrogens with one attached hydrogen (secondary N) is 1. The van der Waals surface area contributed by atoms with Crippen LogP contribution in [0.2, 0.25) is 0 Å². The van der Waals surface area contributed by atoms with Gasteiger partial charge in [-0.15, -0.1) is 0 Å². The van der Waals surface area contributed by atoms with Crippen molar-refractivity contribution in [1.82, 2.24) is 5.48 Å². The van der Waals surface area contributed by atoms with Crippen molar-refractivity contribution in [1.29, 1.82) is 0 Å². The molecule has 64 valence electrons. The molecule has 0 saturated carbocycles. The van der Waals surface area contributed by atoms with Crippen LogP contribution in [0.1, 0.15) is 40.0 Å². The van der Waals surface area contributed by atoms with E-state index < -0.39 is 0 Å². The fourth-order valence-electron chi connectivity index (χ4n) is 1.17. The van der Waals surface area contributed by atoms with E-state index in [9.17, 15) is 0 Å². The molecule has 0 aromatic heterocycles. The molecule has 1 N–H and O–H groups in total. The second kappa shape index (κ2) is 3.26. The summed E-state index contributed by atoms with van der Waals surface area (Å²) in [6, 6.07) is 0. The van der Waals surface area contributed by atoms with Crippen molar-refractivity contribution in [2.24, 2.45) is 0 Å². The van der Waals surface area contributed by atoms with E-state index in [-0.39, 0.29) is 5.60 Å². The molecule has 0 unspecified atom stereocenters. The Morgan fingerprint density at radius 1 is 1.55 bits per heavy atom. The first kappa shape index (κ1) is 8.60. The number of hydroxylamine groups is 1. The van der Waals surface area contributed by atoms with Crippen LogP contribution in [0.4, 0.5) is 0 Å². The fraction of sp³-hybridized carbons (Fsp3) is 0.778. The van der Waals surface area contributed by atoms with Crippen LogP contribution < -0.4 is 5.48 Å². The first-order valence-electron chi connectivity index (χ1n) is 4.30. The van der Waals surface area contributed by atoms with Crippen LogP contribution >= 0.6 is 0 Å². The van der Waals surface area contributed by atoms with Crippen molar-refractivity contribution in [2.75, 3.05) is 0 Å². The zero-order valence-corrected chi connectivity index (χ0v) is 7.61. The highest BCUT2D eigenvalue weighted by Crippen LogP contribution is 2.21. The molecule has 2 heteroatoms. The van der Waals surface area contributed by atoms with Gasteiger partial charge in [-0.05, 0) is 32.8 Å². The molecule has 0 aromatic carbocycles. The molecular weight excluding hydrogens is 138 g/mol. The molecular formula is C9H17NO. The minimum absolute atomic E-state index is 0.108. The molecule has 0 aliphatic carbocycles. The van der Waals surface area contributed by atoms with Crippen LogP contribution in [-0.4, -0.2) is 5.60 Å². The summed E-state index contributed by atoms with van der Waals surface area (Å²) in [6.07, 6.45) is 5.74. The summed E-state index contributed by atoms with van der Waals surface area (Å²) < 4.78 is 0. The Morgan fingerprint density at radius 2 is 2.27 bits per heavy atom. The largest absolute Gasteiger partial charge is 0.270 e. The van der Waals surface area contributed by atoms with Gasteiger partial charge in [-0.1, -0.05) is 13.3 Å². The third kappa shape index (κ3) is 2.54. The number of hydrogen-bond donors (Lipinski definition) is 1. The Morgan fingerprint density at radius 3 is 2.73 bits per heavy atom. The van der Waals surface area contributed by atoms with E-state index in [1.165, 1.54) is 18.5 Å². The lowest BCUT2D eigenvalue weighted by molar-refractivity contribution is -0.0161. The Labute approximate surface area is 68.6 Å². The molecule has 1 rings (SSSR count). The molecule has 0 saturated heterocycles. The fourth-order valence-corrected chi connectivity index (χ4v) is 1.17. The average Bonchev–Trinajstić information content (AvgIpc) is 2.26. The quantitative estimate of drug-likeness (QED) is 0.675. The highest BCUT2D eigenvalue weighted by atomic mass is 16.7. The van der Waals surface area contributed by atoms with Crippen molar-refractivity contribution in [3.8, 4) is 0 Å². The summed E-state index contributed by atoms with van der Waals surface area (Å²) in [7, 11) is 0. The van der Waals surface area contributed by atoms with Crippen molar-refractivity contribution < 1.29 is 4.84 Å². The maximum atomic E-state index is 5.31. The van der Waals surface area contributed by atoms with Gasteiger partial charge in [-0.25, -0.2) is 0 Å². The molecule has 0 spiro atoms. The zero-order valence-electron chi connectivity index (χ0n) is 7.61. The first-order valence-corrected chi connectivity index (χ1v) is 4.30. The van der Waals surface area contributed by atoms with Gasteiger partial charge in [0.1, 0.15) is 5.60 Å². The Balaban J connectivity index is 2.37. The Hall–Kier alpha value is -0.500. The molecule has 0 amide bonds. The van der Waals surface area contributed by atoms with Gasteiger partial charge in [0.2, 0.25) is 0 Å². The Bertz CT molecular complexity index is 161. The Kier molecular flexibility index (Phi) is 2.55. The molecule has 0 bridgehead atoms. The number of hydrogen-bond acceptors (Lipinski definition) is 2. The second-order valence-electron chi connectivity index (χ2n) is 3.58. The SMILES string of the molecule is CCCCC1=CC(C)(C)ON1. The van der Waals surface area contributed by atoms with Gasteiger partial charge in [0.25, 0.3) is 0 Å². The lowest BCUT2D eigenvalue weighted by Crippen LogP contribution is -2.20. The van der Waals surface area contributed by atoms with Gasteiger partial charge < -0.3 is 0 Å². The highest BCUT2D eigenvalue weighted by Gasteiger charge is 2.22. The molecule has 0 fully saturated rings. The third-order valence-corrected chi connectivity index (χ3v) is 1.77. The highest BCUT2D eigenvalue weighted by molar-refractivity contribution is 5.10. The summed E-state index contributed by atoms with van der Waals surface area (Å²) in [5.74, 6) is 0. The minimum Gasteiger partial charge on any atom is -0.270 e. The summed E-state index contributed by atoms with van der Waals surface area (Å²) in [5, 5.41) is 0. The number of unbranched alkanes of at least 4 members (excludes halogenated alkanes) is 1. The van der Waals surface area contributed by atoms with Gasteiger partial charge in [0.15, 0.2) is 0 Å². The molecule has 2 nitrogen and oxygen atoms in total.